The predicted molar refractivity (Wildman–Crippen MR) is 244 cm³/mol. The summed E-state index contributed by atoms with van der Waals surface area (Å²) < 4.78 is 0. The first-order valence-electron chi connectivity index (χ1n) is 21.1. The topological polar surface area (TPSA) is 58.2 Å². The molecule has 0 aliphatic heterocycles. The van der Waals surface area contributed by atoms with E-state index < -0.39 is 27.9 Å². The van der Waals surface area contributed by atoms with Crippen molar-refractivity contribution in [2.45, 2.75) is 74.8 Å². The van der Waals surface area contributed by atoms with Crippen molar-refractivity contribution >= 4 is 48.9 Å². The Hall–Kier alpha value is -4.88. The van der Waals surface area contributed by atoms with Gasteiger partial charge >= 0.3 is 0 Å². The molecule has 0 unspecified atom stereocenters. The zero-order valence-corrected chi connectivity index (χ0v) is 34.9. The van der Waals surface area contributed by atoms with Gasteiger partial charge in [-0.15, -0.1) is 0 Å². The van der Waals surface area contributed by atoms with Crippen LogP contribution < -0.4 is 31.9 Å². The molecule has 2 saturated carbocycles. The van der Waals surface area contributed by atoms with Crippen LogP contribution in [-0.4, -0.2) is 23.1 Å². The van der Waals surface area contributed by atoms with Crippen LogP contribution >= 0.6 is 15.8 Å². The molecule has 2 amide bonds. The summed E-state index contributed by atoms with van der Waals surface area (Å²) in [5.74, 6) is -0.135. The van der Waals surface area contributed by atoms with Crippen molar-refractivity contribution < 1.29 is 9.59 Å². The summed E-state index contributed by atoms with van der Waals surface area (Å²) in [6.07, 6.45) is 8.03. The molecular formula is C52H54N2O2P2. The molecule has 0 heterocycles. The molecule has 58 heavy (non-hydrogen) atoms. The van der Waals surface area contributed by atoms with E-state index in [0.717, 1.165) is 62.5 Å². The Labute approximate surface area is 347 Å². The van der Waals surface area contributed by atoms with E-state index in [1.54, 1.807) is 0 Å². The van der Waals surface area contributed by atoms with E-state index in [4.69, 9.17) is 0 Å². The normalized spacial score (nSPS) is 20.5. The molecule has 0 spiro atoms. The first-order valence-corrected chi connectivity index (χ1v) is 24.0. The molecule has 0 aromatic heterocycles. The van der Waals surface area contributed by atoms with E-state index in [-0.39, 0.29) is 35.0 Å². The van der Waals surface area contributed by atoms with Gasteiger partial charge in [-0.2, -0.15) is 0 Å². The molecule has 0 radical (unpaired) electrons. The molecule has 2 N–H and O–H groups in total. The van der Waals surface area contributed by atoms with E-state index >= 15 is 9.59 Å². The first-order chi connectivity index (χ1) is 28.7. The van der Waals surface area contributed by atoms with Crippen LogP contribution in [0.4, 0.5) is 0 Å². The monoisotopic (exact) mass is 800 g/mol. The summed E-state index contributed by atoms with van der Waals surface area (Å²) in [6, 6.07) is 63.0. The first kappa shape index (κ1) is 39.9. The molecule has 6 atom stereocenters. The number of hydrogen-bond donors (Lipinski definition) is 2. The van der Waals surface area contributed by atoms with Crippen LogP contribution in [0.3, 0.4) is 0 Å². The Morgan fingerprint density at radius 3 is 0.931 bits per heavy atom. The van der Waals surface area contributed by atoms with Crippen molar-refractivity contribution in [3.8, 4) is 0 Å². The van der Waals surface area contributed by atoms with Crippen molar-refractivity contribution in [1.29, 1.82) is 0 Å². The number of benzene rings is 6. The largest absolute Gasteiger partial charge is 0.347 e. The minimum absolute atomic E-state index is 0.0836. The van der Waals surface area contributed by atoms with Gasteiger partial charge in [-0.1, -0.05) is 208 Å². The molecule has 4 nitrogen and oxygen atoms in total. The lowest BCUT2D eigenvalue weighted by molar-refractivity contribution is -0.129. The minimum atomic E-state index is -0.781. The van der Waals surface area contributed by atoms with Gasteiger partial charge in [0.1, 0.15) is 0 Å². The third kappa shape index (κ3) is 9.36. The van der Waals surface area contributed by atoms with Gasteiger partial charge in [-0.05, 0) is 85.2 Å². The highest BCUT2D eigenvalue weighted by atomic mass is 31.1. The Morgan fingerprint density at radius 2 is 0.638 bits per heavy atom. The van der Waals surface area contributed by atoms with Gasteiger partial charge in [0.25, 0.3) is 0 Å². The highest BCUT2D eigenvalue weighted by Crippen LogP contribution is 2.51. The lowest BCUT2D eigenvalue weighted by Crippen LogP contribution is -2.48. The van der Waals surface area contributed by atoms with Crippen molar-refractivity contribution in [2.24, 2.45) is 11.8 Å². The highest BCUT2D eigenvalue weighted by Gasteiger charge is 2.42. The molecule has 2 aliphatic carbocycles. The Kier molecular flexibility index (Phi) is 13.6. The van der Waals surface area contributed by atoms with Crippen molar-refractivity contribution in [1.82, 2.24) is 10.6 Å². The summed E-state index contributed by atoms with van der Waals surface area (Å²) >= 11 is 0. The summed E-state index contributed by atoms with van der Waals surface area (Å²) in [7, 11) is -1.56. The third-order valence-corrected chi connectivity index (χ3v) is 18.2. The molecule has 6 aromatic rings. The number of hydrogen-bond acceptors (Lipinski definition) is 2. The Balaban J connectivity index is 1.13. The zero-order valence-electron chi connectivity index (χ0n) is 33.2. The maximum Gasteiger partial charge on any atom is 0.224 e. The van der Waals surface area contributed by atoms with Crippen LogP contribution in [-0.2, 0) is 9.59 Å². The number of amides is 2. The van der Waals surface area contributed by atoms with Crippen molar-refractivity contribution in [2.75, 3.05) is 0 Å². The quantitative estimate of drug-likeness (QED) is 0.114. The molecule has 6 aromatic carbocycles. The average molecular weight is 801 g/mol. The standard InChI is InChI=1S/C52H54N2O2P2/c55-51(45-35-19-21-37-47(45)57(41-27-11-3-12-28-41)42-29-13-4-14-30-42)53-49(39-23-7-1-8-24-39)50(40-25-9-2-10-26-40)54-52(56)46-36-20-22-38-48(46)58(43-31-15-5-16-32-43)44-33-17-6-18-34-44/h1-18,23-34,45-50H,19-22,35-38H2,(H,53,55)(H,54,56)/t45-,46-,47+,48+,49-,50-/m1/s1. The van der Waals surface area contributed by atoms with Crippen molar-refractivity contribution in [3.05, 3.63) is 193 Å². The number of carbonyl (C=O) groups is 2. The summed E-state index contributed by atoms with van der Waals surface area (Å²) in [6.45, 7) is 0. The summed E-state index contributed by atoms with van der Waals surface area (Å²) in [5.41, 5.74) is 2.38. The molecule has 2 aliphatic rings. The van der Waals surface area contributed by atoms with E-state index in [0.29, 0.717) is 0 Å². The maximum absolute atomic E-state index is 15.1. The number of rotatable bonds is 13. The fourth-order valence-corrected chi connectivity index (χ4v) is 15.7. The number of carbonyl (C=O) groups excluding carboxylic acids is 2. The zero-order chi connectivity index (χ0) is 39.5. The SMILES string of the molecule is O=C(N[C@H](c1ccccc1)[C@H](NC(=O)[C@@H]1CCCC[C@@H]1P(c1ccccc1)c1ccccc1)c1ccccc1)[C@@H]1CCCC[C@@H]1P(c1ccccc1)c1ccccc1. The van der Waals surface area contributed by atoms with Crippen LogP contribution in [0.25, 0.3) is 0 Å². The van der Waals surface area contributed by atoms with Gasteiger partial charge in [0.2, 0.25) is 11.8 Å². The maximum atomic E-state index is 15.1. The molecule has 0 bridgehead atoms. The number of nitrogens with one attached hydrogen (secondary N) is 2. The second kappa shape index (κ2) is 19.7. The van der Waals surface area contributed by atoms with Gasteiger partial charge in [-0.3, -0.25) is 9.59 Å². The fourth-order valence-electron chi connectivity index (χ4n) is 9.43. The van der Waals surface area contributed by atoms with Crippen LogP contribution in [0.15, 0.2) is 182 Å². The van der Waals surface area contributed by atoms with E-state index in [1.807, 2.05) is 36.4 Å². The van der Waals surface area contributed by atoms with E-state index in [1.165, 1.54) is 21.2 Å². The van der Waals surface area contributed by atoms with Gasteiger partial charge < -0.3 is 10.6 Å². The van der Waals surface area contributed by atoms with Gasteiger partial charge in [-0.25, -0.2) is 0 Å². The van der Waals surface area contributed by atoms with Gasteiger partial charge in [0.05, 0.1) is 12.1 Å². The molecule has 8 rings (SSSR count). The Bertz CT molecular complexity index is 1940. The molecule has 6 heteroatoms. The lowest BCUT2D eigenvalue weighted by Gasteiger charge is -2.40. The van der Waals surface area contributed by atoms with E-state index in [9.17, 15) is 0 Å². The van der Waals surface area contributed by atoms with Gasteiger partial charge in [0.15, 0.2) is 0 Å². The second-order valence-electron chi connectivity index (χ2n) is 15.8. The minimum Gasteiger partial charge on any atom is -0.347 e. The predicted octanol–water partition coefficient (Wildman–Crippen LogP) is 10.1. The third-order valence-electron chi connectivity index (χ3n) is 12.2. The van der Waals surface area contributed by atoms with Gasteiger partial charge in [0, 0.05) is 11.8 Å². The van der Waals surface area contributed by atoms with Crippen molar-refractivity contribution in [3.63, 3.8) is 0 Å². The van der Waals surface area contributed by atoms with Crippen LogP contribution in [0, 0.1) is 11.8 Å². The molecular weight excluding hydrogens is 747 g/mol. The lowest BCUT2D eigenvalue weighted by atomic mass is 9.85. The van der Waals surface area contributed by atoms with Crippen LogP contribution in [0.5, 0.6) is 0 Å². The molecule has 0 saturated heterocycles. The van der Waals surface area contributed by atoms with E-state index in [2.05, 4.69) is 156 Å². The molecule has 294 valence electrons. The smallest absolute Gasteiger partial charge is 0.224 e. The summed E-state index contributed by atoms with van der Waals surface area (Å²) in [4.78, 5) is 30.3. The average Bonchev–Trinajstić information content (AvgIpc) is 3.30. The summed E-state index contributed by atoms with van der Waals surface area (Å²) in [5, 5.41) is 12.5. The second-order valence-corrected chi connectivity index (χ2v) is 20.7. The highest BCUT2D eigenvalue weighted by molar-refractivity contribution is 7.74. The Morgan fingerprint density at radius 1 is 0.379 bits per heavy atom. The van der Waals surface area contributed by atoms with Crippen LogP contribution in [0.2, 0.25) is 0 Å². The molecule has 2 fully saturated rings. The fraction of sp³-hybridized carbons (Fsp3) is 0.269. The van der Waals surface area contributed by atoms with Crippen LogP contribution in [0.1, 0.15) is 74.6 Å².